The summed E-state index contributed by atoms with van der Waals surface area (Å²) < 4.78 is 5.16. The van der Waals surface area contributed by atoms with Crippen LogP contribution in [0.1, 0.15) is 21.7 Å². The number of fused-ring (bicyclic) bond motifs is 1. The minimum atomic E-state index is -0.158. The Hall–Kier alpha value is -3.48. The molecule has 1 N–H and O–H groups in total. The molecule has 0 fully saturated rings. The molecule has 0 saturated heterocycles. The van der Waals surface area contributed by atoms with Gasteiger partial charge < -0.3 is 14.6 Å². The zero-order valence-corrected chi connectivity index (χ0v) is 14.8. The smallest absolute Gasteiger partial charge is 0.272 e. The molecule has 0 saturated carbocycles. The van der Waals surface area contributed by atoms with Gasteiger partial charge in [-0.15, -0.1) is 0 Å². The average Bonchev–Trinajstić information content (AvgIpc) is 2.73. The number of pyridine rings is 1. The van der Waals surface area contributed by atoms with Crippen molar-refractivity contribution in [1.29, 1.82) is 0 Å². The predicted octanol–water partition coefficient (Wildman–Crippen LogP) is 2.04. The van der Waals surface area contributed by atoms with Crippen LogP contribution in [0.2, 0.25) is 0 Å². The topological polar surface area (TPSA) is 88.2 Å². The fraction of sp³-hybridized carbons (Fsp3) is 0.200. The van der Waals surface area contributed by atoms with Crippen molar-refractivity contribution in [2.75, 3.05) is 13.7 Å². The second-order valence-electron chi connectivity index (χ2n) is 6.26. The first-order valence-corrected chi connectivity index (χ1v) is 8.62. The lowest BCUT2D eigenvalue weighted by Crippen LogP contribution is -2.39. The van der Waals surface area contributed by atoms with E-state index in [9.17, 15) is 9.59 Å². The third kappa shape index (κ3) is 3.31. The van der Waals surface area contributed by atoms with E-state index in [1.807, 2.05) is 24.3 Å². The Morgan fingerprint density at radius 2 is 2.00 bits per heavy atom. The predicted molar refractivity (Wildman–Crippen MR) is 99.5 cm³/mol. The van der Waals surface area contributed by atoms with Gasteiger partial charge in [0.25, 0.3) is 11.5 Å². The van der Waals surface area contributed by atoms with Gasteiger partial charge >= 0.3 is 0 Å². The van der Waals surface area contributed by atoms with E-state index < -0.39 is 0 Å². The molecular weight excluding hydrogens is 344 g/mol. The fourth-order valence-electron chi connectivity index (χ4n) is 3.15. The molecule has 4 rings (SSSR count). The SMILES string of the molecule is COc1ccc(-c2nc3c(c(=O)[nH]2)CCN(C(=O)c2ccccn2)C3)cc1. The average molecular weight is 362 g/mol. The van der Waals surface area contributed by atoms with Crippen molar-refractivity contribution in [2.24, 2.45) is 0 Å². The summed E-state index contributed by atoms with van der Waals surface area (Å²) in [4.78, 5) is 38.4. The van der Waals surface area contributed by atoms with Crippen molar-refractivity contribution in [3.05, 3.63) is 76.0 Å². The summed E-state index contributed by atoms with van der Waals surface area (Å²) >= 11 is 0. The minimum absolute atomic E-state index is 0.157. The van der Waals surface area contributed by atoms with Gasteiger partial charge in [0.15, 0.2) is 0 Å². The third-order valence-electron chi connectivity index (χ3n) is 4.61. The number of H-pyrrole nitrogens is 1. The van der Waals surface area contributed by atoms with E-state index in [1.54, 1.807) is 36.4 Å². The van der Waals surface area contributed by atoms with Gasteiger partial charge in [0.2, 0.25) is 0 Å². The number of rotatable bonds is 3. The molecule has 0 bridgehead atoms. The Labute approximate surface area is 155 Å². The Morgan fingerprint density at radius 1 is 1.19 bits per heavy atom. The van der Waals surface area contributed by atoms with E-state index in [-0.39, 0.29) is 18.0 Å². The highest BCUT2D eigenvalue weighted by molar-refractivity contribution is 5.92. The van der Waals surface area contributed by atoms with E-state index in [1.165, 1.54) is 0 Å². The molecule has 1 aliphatic heterocycles. The number of hydrogen-bond acceptors (Lipinski definition) is 5. The number of aromatic amines is 1. The lowest BCUT2D eigenvalue weighted by Gasteiger charge is -2.27. The molecule has 0 spiro atoms. The molecule has 0 radical (unpaired) electrons. The maximum Gasteiger partial charge on any atom is 0.272 e. The fourth-order valence-corrected chi connectivity index (χ4v) is 3.15. The Morgan fingerprint density at radius 3 is 2.70 bits per heavy atom. The van der Waals surface area contributed by atoms with Crippen molar-refractivity contribution in [2.45, 2.75) is 13.0 Å². The molecule has 0 unspecified atom stereocenters. The van der Waals surface area contributed by atoms with Crippen LogP contribution in [0.5, 0.6) is 5.75 Å². The Kier molecular flexibility index (Phi) is 4.42. The normalized spacial score (nSPS) is 13.1. The van der Waals surface area contributed by atoms with Crippen LogP contribution >= 0.6 is 0 Å². The largest absolute Gasteiger partial charge is 0.497 e. The summed E-state index contributed by atoms with van der Waals surface area (Å²) in [5.41, 5.74) is 2.28. The van der Waals surface area contributed by atoms with Crippen molar-refractivity contribution in [3.8, 4) is 17.1 Å². The van der Waals surface area contributed by atoms with Gasteiger partial charge in [-0.25, -0.2) is 4.98 Å². The molecule has 136 valence electrons. The first-order valence-electron chi connectivity index (χ1n) is 8.62. The van der Waals surface area contributed by atoms with Crippen LogP contribution < -0.4 is 10.3 Å². The maximum absolute atomic E-state index is 12.7. The molecule has 7 nitrogen and oxygen atoms in total. The minimum Gasteiger partial charge on any atom is -0.497 e. The van der Waals surface area contributed by atoms with Crippen molar-refractivity contribution in [1.82, 2.24) is 19.9 Å². The lowest BCUT2D eigenvalue weighted by atomic mass is 10.1. The van der Waals surface area contributed by atoms with Gasteiger partial charge in [-0.05, 0) is 42.8 Å². The van der Waals surface area contributed by atoms with Crippen LogP contribution in [0, 0.1) is 0 Å². The van der Waals surface area contributed by atoms with Gasteiger partial charge in [0.05, 0.1) is 19.3 Å². The number of amides is 1. The van der Waals surface area contributed by atoms with Gasteiger partial charge in [0, 0.05) is 23.9 Å². The van der Waals surface area contributed by atoms with E-state index in [0.717, 1.165) is 11.3 Å². The Bertz CT molecular complexity index is 1030. The molecule has 1 aromatic carbocycles. The van der Waals surface area contributed by atoms with Crippen LogP contribution in [0.4, 0.5) is 0 Å². The molecule has 3 aromatic rings. The lowest BCUT2D eigenvalue weighted by molar-refractivity contribution is 0.0725. The standard InChI is InChI=1S/C20H18N4O3/c1-27-14-7-5-13(6-8-14)18-22-17-12-24(11-9-15(17)19(25)23-18)20(26)16-4-2-3-10-21-16/h2-8,10H,9,11-12H2,1H3,(H,22,23,25). The number of carbonyl (C=O) groups is 1. The summed E-state index contributed by atoms with van der Waals surface area (Å²) in [6, 6.07) is 12.5. The molecule has 7 heteroatoms. The van der Waals surface area contributed by atoms with Gasteiger partial charge in [-0.1, -0.05) is 6.07 Å². The van der Waals surface area contributed by atoms with E-state index in [2.05, 4.69) is 15.0 Å². The highest BCUT2D eigenvalue weighted by Gasteiger charge is 2.25. The van der Waals surface area contributed by atoms with Gasteiger partial charge in [-0.3, -0.25) is 14.6 Å². The zero-order valence-electron chi connectivity index (χ0n) is 14.8. The molecular formula is C20H18N4O3. The Balaban J connectivity index is 1.65. The van der Waals surface area contributed by atoms with E-state index >= 15 is 0 Å². The van der Waals surface area contributed by atoms with Crippen LogP contribution in [-0.4, -0.2) is 39.4 Å². The number of benzene rings is 1. The van der Waals surface area contributed by atoms with E-state index in [4.69, 9.17) is 4.74 Å². The number of carbonyl (C=O) groups excluding carboxylic acids is 1. The summed E-state index contributed by atoms with van der Waals surface area (Å²) in [5.74, 6) is 1.05. The number of methoxy groups -OCH3 is 1. The highest BCUT2D eigenvalue weighted by Crippen LogP contribution is 2.21. The molecule has 3 heterocycles. The molecule has 1 amide bonds. The summed E-state index contributed by atoms with van der Waals surface area (Å²) in [5, 5.41) is 0. The first kappa shape index (κ1) is 17.0. The number of hydrogen-bond donors (Lipinski definition) is 1. The molecule has 1 aliphatic rings. The van der Waals surface area contributed by atoms with Crippen LogP contribution in [0.15, 0.2) is 53.5 Å². The van der Waals surface area contributed by atoms with Crippen molar-refractivity contribution in [3.63, 3.8) is 0 Å². The maximum atomic E-state index is 12.7. The van der Waals surface area contributed by atoms with Crippen molar-refractivity contribution >= 4 is 5.91 Å². The highest BCUT2D eigenvalue weighted by atomic mass is 16.5. The molecule has 27 heavy (non-hydrogen) atoms. The van der Waals surface area contributed by atoms with Crippen LogP contribution in [-0.2, 0) is 13.0 Å². The van der Waals surface area contributed by atoms with Crippen LogP contribution in [0.3, 0.4) is 0 Å². The first-order chi connectivity index (χ1) is 13.2. The number of ether oxygens (including phenoxy) is 1. The third-order valence-corrected chi connectivity index (χ3v) is 4.61. The summed E-state index contributed by atoms with van der Waals surface area (Å²) in [6.45, 7) is 0.757. The summed E-state index contributed by atoms with van der Waals surface area (Å²) in [6.07, 6.45) is 2.06. The zero-order chi connectivity index (χ0) is 18.8. The number of nitrogens with zero attached hydrogens (tertiary/aromatic N) is 3. The van der Waals surface area contributed by atoms with Gasteiger partial charge in [0.1, 0.15) is 17.3 Å². The quantitative estimate of drug-likeness (QED) is 0.770. The second-order valence-corrected chi connectivity index (χ2v) is 6.26. The molecule has 0 aliphatic carbocycles. The molecule has 2 aromatic heterocycles. The van der Waals surface area contributed by atoms with Crippen LogP contribution in [0.25, 0.3) is 11.4 Å². The van der Waals surface area contributed by atoms with E-state index in [0.29, 0.717) is 35.7 Å². The van der Waals surface area contributed by atoms with Crippen molar-refractivity contribution < 1.29 is 9.53 Å². The molecule has 0 atom stereocenters. The monoisotopic (exact) mass is 362 g/mol. The summed E-state index contributed by atoms with van der Waals surface area (Å²) in [7, 11) is 1.60. The van der Waals surface area contributed by atoms with Gasteiger partial charge in [-0.2, -0.15) is 0 Å². The second kappa shape index (κ2) is 7.03. The number of aromatic nitrogens is 3. The number of nitrogens with one attached hydrogen (secondary N) is 1.